The number of rotatable bonds is 6. The van der Waals surface area contributed by atoms with Crippen molar-refractivity contribution >= 4 is 17.7 Å². The van der Waals surface area contributed by atoms with Gasteiger partial charge in [-0.1, -0.05) is 48.5 Å². The summed E-state index contributed by atoms with van der Waals surface area (Å²) in [5.41, 5.74) is 1.52. The minimum Gasteiger partial charge on any atom is -0.462 e. The number of esters is 2. The van der Waals surface area contributed by atoms with E-state index >= 15 is 0 Å². The van der Waals surface area contributed by atoms with Crippen LogP contribution in [0.4, 0.5) is 0 Å². The lowest BCUT2D eigenvalue weighted by Crippen LogP contribution is -2.66. The van der Waals surface area contributed by atoms with Crippen LogP contribution in [0, 0.1) is 50.7 Å². The summed E-state index contributed by atoms with van der Waals surface area (Å²) < 4.78 is 12.7. The molecule has 4 fully saturated rings. The fourth-order valence-electron chi connectivity index (χ4n) is 11.8. The second-order valence-electron chi connectivity index (χ2n) is 17.9. The summed E-state index contributed by atoms with van der Waals surface area (Å²) in [7, 11) is 6.33. The maximum atomic E-state index is 14.1. The molecule has 6 nitrogen and oxygen atoms in total. The first-order valence-corrected chi connectivity index (χ1v) is 17.2. The zero-order chi connectivity index (χ0) is 32.0. The van der Waals surface area contributed by atoms with Gasteiger partial charge in [-0.05, 0) is 102 Å². The molecule has 0 radical (unpaired) electrons. The normalized spacial score (nSPS) is 42.1. The van der Waals surface area contributed by atoms with Crippen LogP contribution in [-0.4, -0.2) is 62.6 Å². The molecule has 0 aromatic heterocycles. The topological polar surface area (TPSA) is 69.7 Å². The molecule has 0 bridgehead atoms. The maximum absolute atomic E-state index is 14.1. The van der Waals surface area contributed by atoms with Crippen LogP contribution in [0.1, 0.15) is 113 Å². The fourth-order valence-corrected chi connectivity index (χ4v) is 11.8. The van der Waals surface area contributed by atoms with Crippen molar-refractivity contribution in [2.45, 2.75) is 119 Å². The Morgan fingerprint density at radius 3 is 2.16 bits per heavy atom. The van der Waals surface area contributed by atoms with Gasteiger partial charge >= 0.3 is 11.9 Å². The van der Waals surface area contributed by atoms with Crippen LogP contribution in [0.5, 0.6) is 0 Å². The smallest absolute Gasteiger partial charge is 0.316 e. The highest BCUT2D eigenvalue weighted by molar-refractivity contribution is 6.06. The highest BCUT2D eigenvalue weighted by Gasteiger charge is 2.71. The van der Waals surface area contributed by atoms with Crippen LogP contribution in [-0.2, 0) is 23.9 Å². The molecule has 0 unspecified atom stereocenters. The largest absolute Gasteiger partial charge is 0.462 e. The molecule has 0 spiro atoms. The Morgan fingerprint density at radius 2 is 1.56 bits per heavy atom. The summed E-state index contributed by atoms with van der Waals surface area (Å²) in [5.74, 6) is 1.22. The summed E-state index contributed by atoms with van der Waals surface area (Å²) >= 11 is 0. The highest BCUT2D eigenvalue weighted by Crippen LogP contribution is 2.76. The first kappa shape index (κ1) is 32.7. The van der Waals surface area contributed by atoms with E-state index in [9.17, 15) is 14.4 Å². The van der Waals surface area contributed by atoms with Gasteiger partial charge < -0.3 is 14.0 Å². The summed E-state index contributed by atoms with van der Waals surface area (Å²) in [6.45, 7) is 19.2. The first-order chi connectivity index (χ1) is 19.7. The van der Waals surface area contributed by atoms with E-state index < -0.39 is 5.41 Å². The molecule has 8 atom stereocenters. The molecular formula is C37H60NO5+. The number of likely N-dealkylation sites (N-methyl/N-ethyl adjacent to an activating group) is 1. The number of nitrogens with zero attached hydrogens (tertiary/aromatic N) is 1. The average molecular weight is 599 g/mol. The third-order valence-corrected chi connectivity index (χ3v) is 14.1. The number of ketones is 1. The molecule has 5 rings (SSSR count). The summed E-state index contributed by atoms with van der Waals surface area (Å²) in [4.78, 5) is 39.9. The van der Waals surface area contributed by atoms with Crippen molar-refractivity contribution < 1.29 is 28.3 Å². The van der Waals surface area contributed by atoms with Crippen molar-refractivity contribution in [3.63, 3.8) is 0 Å². The summed E-state index contributed by atoms with van der Waals surface area (Å²) in [6, 6.07) is 0. The molecule has 5 aliphatic carbocycles. The molecule has 5 aliphatic rings. The average Bonchev–Trinajstić information content (AvgIpc) is 3.18. The lowest BCUT2D eigenvalue weighted by Gasteiger charge is -2.72. The van der Waals surface area contributed by atoms with Crippen LogP contribution in [0.25, 0.3) is 0 Å². The van der Waals surface area contributed by atoms with Crippen LogP contribution in [0.3, 0.4) is 0 Å². The van der Waals surface area contributed by atoms with Crippen molar-refractivity contribution in [3.8, 4) is 0 Å². The molecule has 43 heavy (non-hydrogen) atoms. The van der Waals surface area contributed by atoms with Gasteiger partial charge in [0.05, 0.1) is 26.6 Å². The number of allylic oxidation sites excluding steroid dienone is 1. The second-order valence-corrected chi connectivity index (χ2v) is 17.9. The number of Topliss-reactive ketones (excluding diaryl/α,β-unsaturated/α-hetero) is 1. The third kappa shape index (κ3) is 4.77. The van der Waals surface area contributed by atoms with Crippen LogP contribution < -0.4 is 0 Å². The second kappa shape index (κ2) is 10.4. The van der Waals surface area contributed by atoms with Gasteiger partial charge in [0.2, 0.25) is 0 Å². The number of fused-ring (bicyclic) bond motifs is 7. The van der Waals surface area contributed by atoms with Gasteiger partial charge in [-0.3, -0.25) is 14.4 Å². The molecule has 4 saturated carbocycles. The monoisotopic (exact) mass is 598 g/mol. The first-order valence-electron chi connectivity index (χ1n) is 17.2. The SMILES string of the molecule is CC(=O)O[C@H]1CC[C@]2(C)[C@H]3CC[C@@H]4C5=C(C(C)C)C(=O)C[C@]5(C(=O)OCC[N+](C)(C)C)CC[C@@]4(C)[C@]3(C)CC[C@H]2C1(C)C. The number of hydrogen-bond donors (Lipinski definition) is 0. The summed E-state index contributed by atoms with van der Waals surface area (Å²) in [5, 5.41) is 0. The predicted molar refractivity (Wildman–Crippen MR) is 169 cm³/mol. The molecular weight excluding hydrogens is 538 g/mol. The lowest BCUT2D eigenvalue weighted by atomic mass is 9.33. The highest BCUT2D eigenvalue weighted by atomic mass is 16.5. The van der Waals surface area contributed by atoms with Crippen LogP contribution in [0.2, 0.25) is 0 Å². The number of carbonyl (C=O) groups is 3. The van der Waals surface area contributed by atoms with Gasteiger partial charge in [0, 0.05) is 18.8 Å². The van der Waals surface area contributed by atoms with E-state index in [1.807, 2.05) is 0 Å². The molecule has 0 aliphatic heterocycles. The molecule has 0 N–H and O–H groups in total. The molecule has 0 aromatic carbocycles. The van der Waals surface area contributed by atoms with Crippen molar-refractivity contribution in [1.82, 2.24) is 0 Å². The Hall–Kier alpha value is -1.69. The van der Waals surface area contributed by atoms with Gasteiger partial charge in [0.1, 0.15) is 19.3 Å². The van der Waals surface area contributed by atoms with E-state index in [-0.39, 0.29) is 63.7 Å². The molecule has 0 aromatic rings. The van der Waals surface area contributed by atoms with Gasteiger partial charge in [-0.25, -0.2) is 0 Å². The van der Waals surface area contributed by atoms with Crippen molar-refractivity contribution in [2.75, 3.05) is 34.3 Å². The minimum absolute atomic E-state index is 0.00689. The Morgan fingerprint density at radius 1 is 0.884 bits per heavy atom. The molecule has 0 saturated heterocycles. The van der Waals surface area contributed by atoms with Crippen molar-refractivity contribution in [3.05, 3.63) is 11.1 Å². The Balaban J connectivity index is 1.51. The summed E-state index contributed by atoms with van der Waals surface area (Å²) in [6.07, 6.45) is 8.35. The van der Waals surface area contributed by atoms with Crippen molar-refractivity contribution in [2.24, 2.45) is 50.7 Å². The van der Waals surface area contributed by atoms with Gasteiger partial charge in [-0.15, -0.1) is 0 Å². The zero-order valence-corrected chi connectivity index (χ0v) is 29.2. The van der Waals surface area contributed by atoms with E-state index in [0.717, 1.165) is 61.5 Å². The molecule has 6 heteroatoms. The lowest BCUT2D eigenvalue weighted by molar-refractivity contribution is -0.870. The van der Waals surface area contributed by atoms with Gasteiger partial charge in [0.15, 0.2) is 5.78 Å². The number of quaternary nitrogens is 1. The molecule has 242 valence electrons. The number of hydrogen-bond acceptors (Lipinski definition) is 5. The Bertz CT molecular complexity index is 1210. The van der Waals surface area contributed by atoms with E-state index in [0.29, 0.717) is 24.9 Å². The minimum atomic E-state index is -0.792. The van der Waals surface area contributed by atoms with Crippen molar-refractivity contribution in [1.29, 1.82) is 0 Å². The van der Waals surface area contributed by atoms with Gasteiger partial charge in [-0.2, -0.15) is 0 Å². The van der Waals surface area contributed by atoms with Crippen LogP contribution in [0.15, 0.2) is 11.1 Å². The Labute approximate surface area is 261 Å². The Kier molecular flexibility index (Phi) is 7.92. The zero-order valence-electron chi connectivity index (χ0n) is 29.2. The van der Waals surface area contributed by atoms with E-state index in [2.05, 4.69) is 69.6 Å². The maximum Gasteiger partial charge on any atom is 0.316 e. The van der Waals surface area contributed by atoms with E-state index in [4.69, 9.17) is 9.47 Å². The van der Waals surface area contributed by atoms with E-state index in [1.54, 1.807) is 6.92 Å². The quantitative estimate of drug-likeness (QED) is 0.240. The fraction of sp³-hybridized carbons (Fsp3) is 0.865. The number of ether oxygens (including phenoxy) is 2. The standard InChI is InChI=1S/C37H60NO5/c1-23(2)30-26(40)22-37(32(41)42-21-20-38(9,10)11)19-18-35(7)25(31(30)37)12-13-28-34(6)16-15-29(43-24(3)39)33(4,5)27(34)14-17-36(28,35)8/h23,25,27-29H,12-22H2,1-11H3/q+1/t25-,27+,28-,29+,34+,35-,36-,37-/m1/s1. The predicted octanol–water partition coefficient (Wildman–Crippen LogP) is 7.15. The number of carbonyl (C=O) groups excluding carboxylic acids is 3. The van der Waals surface area contributed by atoms with Crippen LogP contribution >= 0.6 is 0 Å². The van der Waals surface area contributed by atoms with Gasteiger partial charge in [0.25, 0.3) is 0 Å². The molecule has 0 amide bonds. The third-order valence-electron chi connectivity index (χ3n) is 14.1. The molecule has 0 heterocycles. The van der Waals surface area contributed by atoms with E-state index in [1.165, 1.54) is 5.57 Å².